The Labute approximate surface area is 110 Å². The van der Waals surface area contributed by atoms with Crippen molar-refractivity contribution in [2.24, 2.45) is 5.73 Å². The first kappa shape index (κ1) is 17.4. The zero-order chi connectivity index (χ0) is 13.5. The second-order valence-electron chi connectivity index (χ2n) is 4.22. The average molecular weight is 260 g/mol. The van der Waals surface area contributed by atoms with E-state index in [1.54, 1.807) is 0 Å². The summed E-state index contributed by atoms with van der Waals surface area (Å²) in [6, 6.07) is 0. The fourth-order valence-electron chi connectivity index (χ4n) is 1.48. The highest BCUT2D eigenvalue weighted by Crippen LogP contribution is 2.00. The fraction of sp³-hybridized carbons (Fsp3) is 0.923. The first-order valence-corrected chi connectivity index (χ1v) is 6.93. The van der Waals surface area contributed by atoms with Crippen LogP contribution >= 0.6 is 0 Å². The number of carbonyl (C=O) groups is 1. The van der Waals surface area contributed by atoms with Crippen molar-refractivity contribution in [1.82, 2.24) is 5.32 Å². The molecule has 0 aliphatic heterocycles. The van der Waals surface area contributed by atoms with E-state index >= 15 is 0 Å². The summed E-state index contributed by atoms with van der Waals surface area (Å²) in [5.41, 5.74) is 5.26. The largest absolute Gasteiger partial charge is 0.378 e. The minimum Gasteiger partial charge on any atom is -0.378 e. The molecule has 0 fully saturated rings. The van der Waals surface area contributed by atoms with Gasteiger partial charge in [-0.25, -0.2) is 0 Å². The zero-order valence-corrected chi connectivity index (χ0v) is 11.6. The number of carbonyl (C=O) groups excluding carboxylic acids is 1. The summed E-state index contributed by atoms with van der Waals surface area (Å²) < 4.78 is 10.3. The quantitative estimate of drug-likeness (QED) is 0.486. The van der Waals surface area contributed by atoms with Crippen LogP contribution in [0.15, 0.2) is 0 Å². The Morgan fingerprint density at radius 2 is 1.78 bits per heavy atom. The summed E-state index contributed by atoms with van der Waals surface area (Å²) in [5, 5.41) is 2.84. The van der Waals surface area contributed by atoms with Crippen LogP contribution in [-0.4, -0.2) is 45.4 Å². The van der Waals surface area contributed by atoms with Gasteiger partial charge < -0.3 is 20.5 Å². The van der Waals surface area contributed by atoms with Crippen molar-refractivity contribution in [2.45, 2.75) is 39.0 Å². The minimum atomic E-state index is -0.0516. The minimum absolute atomic E-state index is 0.0516. The van der Waals surface area contributed by atoms with E-state index in [1.807, 2.05) is 0 Å². The van der Waals surface area contributed by atoms with Crippen molar-refractivity contribution in [3.05, 3.63) is 0 Å². The Bertz CT molecular complexity index is 171. The van der Waals surface area contributed by atoms with Gasteiger partial charge in [0.2, 0.25) is 5.91 Å². The van der Waals surface area contributed by atoms with E-state index in [9.17, 15) is 4.79 Å². The summed E-state index contributed by atoms with van der Waals surface area (Å²) in [5.74, 6) is -0.0516. The van der Waals surface area contributed by atoms with Crippen LogP contribution in [0.5, 0.6) is 0 Å². The van der Waals surface area contributed by atoms with Gasteiger partial charge in [0, 0.05) is 13.1 Å². The van der Waals surface area contributed by atoms with Crippen LogP contribution in [0.1, 0.15) is 39.0 Å². The molecule has 3 N–H and O–H groups in total. The number of unbranched alkanes of at least 4 members (excludes halogenated alkanes) is 4. The Morgan fingerprint density at radius 3 is 2.50 bits per heavy atom. The number of amides is 1. The molecule has 0 aromatic rings. The summed E-state index contributed by atoms with van der Waals surface area (Å²) in [6.45, 7) is 5.02. The maximum Gasteiger partial charge on any atom is 0.245 e. The monoisotopic (exact) mass is 260 g/mol. The third-order valence-electron chi connectivity index (χ3n) is 2.47. The second kappa shape index (κ2) is 14.4. The van der Waals surface area contributed by atoms with Crippen molar-refractivity contribution in [3.63, 3.8) is 0 Å². The van der Waals surface area contributed by atoms with E-state index in [0.717, 1.165) is 13.0 Å². The Morgan fingerprint density at radius 1 is 1.06 bits per heavy atom. The van der Waals surface area contributed by atoms with Gasteiger partial charge in [-0.3, -0.25) is 4.79 Å². The summed E-state index contributed by atoms with van der Waals surface area (Å²) in [6.07, 6.45) is 6.00. The molecule has 0 heterocycles. The Hall–Kier alpha value is -0.650. The Kier molecular flexibility index (Phi) is 13.9. The highest BCUT2D eigenvalue weighted by Gasteiger charge is 2.00. The average Bonchev–Trinajstić information content (AvgIpc) is 2.38. The summed E-state index contributed by atoms with van der Waals surface area (Å²) >= 11 is 0. The third kappa shape index (κ3) is 13.4. The van der Waals surface area contributed by atoms with E-state index in [4.69, 9.17) is 15.2 Å². The van der Waals surface area contributed by atoms with Crippen LogP contribution in [0, 0.1) is 0 Å². The van der Waals surface area contributed by atoms with Crippen LogP contribution < -0.4 is 11.1 Å². The van der Waals surface area contributed by atoms with Crippen LogP contribution in [0.4, 0.5) is 0 Å². The number of ether oxygens (including phenoxy) is 2. The molecule has 0 aliphatic rings. The smallest absolute Gasteiger partial charge is 0.245 e. The Balaban J connectivity index is 3.12. The molecule has 0 bridgehead atoms. The van der Waals surface area contributed by atoms with Crippen LogP contribution in [-0.2, 0) is 14.3 Å². The highest BCUT2D eigenvalue weighted by molar-refractivity contribution is 5.77. The van der Waals surface area contributed by atoms with Gasteiger partial charge >= 0.3 is 0 Å². The van der Waals surface area contributed by atoms with Crippen molar-refractivity contribution in [2.75, 3.05) is 39.5 Å². The molecule has 0 aromatic carbocycles. The number of rotatable bonds is 13. The molecule has 0 saturated carbocycles. The van der Waals surface area contributed by atoms with Crippen molar-refractivity contribution in [1.29, 1.82) is 0 Å². The first-order chi connectivity index (χ1) is 8.81. The van der Waals surface area contributed by atoms with Gasteiger partial charge in [-0.15, -0.1) is 0 Å². The fourth-order valence-corrected chi connectivity index (χ4v) is 1.48. The molecule has 0 radical (unpaired) electrons. The standard InChI is InChI=1S/C13H28N2O3/c1-2-3-4-5-6-8-15-13(16)12-18-11-10-17-9-7-14/h2-12,14H2,1H3,(H,15,16). The lowest BCUT2D eigenvalue weighted by Crippen LogP contribution is -2.29. The molecule has 0 unspecified atom stereocenters. The molecular weight excluding hydrogens is 232 g/mol. The molecule has 108 valence electrons. The molecule has 0 rings (SSSR count). The number of hydrogen-bond acceptors (Lipinski definition) is 4. The molecular formula is C13H28N2O3. The van der Waals surface area contributed by atoms with Gasteiger partial charge in [0.05, 0.1) is 19.8 Å². The number of nitrogens with one attached hydrogen (secondary N) is 1. The van der Waals surface area contributed by atoms with Crippen molar-refractivity contribution in [3.8, 4) is 0 Å². The summed E-state index contributed by atoms with van der Waals surface area (Å²) in [7, 11) is 0. The molecule has 0 spiro atoms. The van der Waals surface area contributed by atoms with Crippen LogP contribution in [0.2, 0.25) is 0 Å². The SMILES string of the molecule is CCCCCCCNC(=O)COCCOCCN. The summed E-state index contributed by atoms with van der Waals surface area (Å²) in [4.78, 5) is 11.3. The van der Waals surface area contributed by atoms with E-state index in [2.05, 4.69) is 12.2 Å². The number of hydrogen-bond donors (Lipinski definition) is 2. The first-order valence-electron chi connectivity index (χ1n) is 6.93. The van der Waals surface area contributed by atoms with Gasteiger partial charge in [-0.2, -0.15) is 0 Å². The van der Waals surface area contributed by atoms with Gasteiger partial charge in [0.25, 0.3) is 0 Å². The van der Waals surface area contributed by atoms with Crippen LogP contribution in [0.25, 0.3) is 0 Å². The zero-order valence-electron chi connectivity index (χ0n) is 11.6. The van der Waals surface area contributed by atoms with Crippen LogP contribution in [0.3, 0.4) is 0 Å². The molecule has 0 aromatic heterocycles. The topological polar surface area (TPSA) is 73.6 Å². The lowest BCUT2D eigenvalue weighted by Gasteiger charge is -2.06. The normalized spacial score (nSPS) is 10.6. The van der Waals surface area contributed by atoms with E-state index in [1.165, 1.54) is 25.7 Å². The predicted molar refractivity (Wildman–Crippen MR) is 72.5 cm³/mol. The molecule has 5 heteroatoms. The van der Waals surface area contributed by atoms with E-state index in [-0.39, 0.29) is 12.5 Å². The van der Waals surface area contributed by atoms with Gasteiger partial charge in [-0.1, -0.05) is 32.6 Å². The molecule has 5 nitrogen and oxygen atoms in total. The van der Waals surface area contributed by atoms with Crippen molar-refractivity contribution < 1.29 is 14.3 Å². The molecule has 18 heavy (non-hydrogen) atoms. The molecule has 0 saturated heterocycles. The lowest BCUT2D eigenvalue weighted by molar-refractivity contribution is -0.126. The third-order valence-corrected chi connectivity index (χ3v) is 2.47. The predicted octanol–water partition coefficient (Wildman–Crippen LogP) is 1.06. The maximum absolute atomic E-state index is 11.3. The second-order valence-corrected chi connectivity index (χ2v) is 4.22. The van der Waals surface area contributed by atoms with Gasteiger partial charge in [-0.05, 0) is 6.42 Å². The maximum atomic E-state index is 11.3. The molecule has 0 aliphatic carbocycles. The van der Waals surface area contributed by atoms with Gasteiger partial charge in [0.15, 0.2) is 0 Å². The highest BCUT2D eigenvalue weighted by atomic mass is 16.5. The van der Waals surface area contributed by atoms with E-state index in [0.29, 0.717) is 26.4 Å². The van der Waals surface area contributed by atoms with Crippen molar-refractivity contribution >= 4 is 5.91 Å². The van der Waals surface area contributed by atoms with E-state index < -0.39 is 0 Å². The molecule has 1 amide bonds. The van der Waals surface area contributed by atoms with Gasteiger partial charge in [0.1, 0.15) is 6.61 Å². The number of nitrogens with two attached hydrogens (primary N) is 1. The molecule has 0 atom stereocenters. The lowest BCUT2D eigenvalue weighted by atomic mass is 10.1.